The van der Waals surface area contributed by atoms with Crippen molar-refractivity contribution in [2.45, 2.75) is 47.2 Å². The smallest absolute Gasteiger partial charge is 0.401 e. The van der Waals surface area contributed by atoms with Gasteiger partial charge in [0.05, 0.1) is 10.9 Å². The van der Waals surface area contributed by atoms with Crippen molar-refractivity contribution in [2.75, 3.05) is 43.7 Å². The van der Waals surface area contributed by atoms with Gasteiger partial charge in [-0.2, -0.15) is 13.2 Å². The van der Waals surface area contributed by atoms with Gasteiger partial charge >= 0.3 is 6.18 Å². The van der Waals surface area contributed by atoms with Gasteiger partial charge in [0.25, 0.3) is 0 Å². The number of ether oxygens (including phenoxy) is 1. The SMILES string of the molecule is CN(C)c1ccc([S+](c2ccc(OC(C)(C)C)cc2)c2ccc(N(C)C)cc2)cc1.O=S(=O)([O-])CC(F)(F)F. The molecule has 0 aliphatic heterocycles. The number of alkyl halides is 3. The molecule has 11 heteroatoms. The third-order valence-corrected chi connectivity index (χ3v) is 7.91. The second kappa shape index (κ2) is 13.0. The molecule has 3 aromatic rings. The van der Waals surface area contributed by atoms with E-state index in [2.05, 4.69) is 132 Å². The fourth-order valence-electron chi connectivity index (χ4n) is 3.37. The van der Waals surface area contributed by atoms with Crippen molar-refractivity contribution < 1.29 is 30.9 Å². The van der Waals surface area contributed by atoms with E-state index in [0.29, 0.717) is 0 Å². The number of nitrogens with zero attached hydrogens (tertiary/aromatic N) is 2. The summed E-state index contributed by atoms with van der Waals surface area (Å²) >= 11 is 0. The summed E-state index contributed by atoms with van der Waals surface area (Å²) in [7, 11) is 2.95. The summed E-state index contributed by atoms with van der Waals surface area (Å²) in [5, 5.41) is 0. The first-order valence-corrected chi connectivity index (χ1v) is 14.7. The van der Waals surface area contributed by atoms with Crippen LogP contribution in [0, 0.1) is 0 Å². The van der Waals surface area contributed by atoms with Gasteiger partial charge in [-0.25, -0.2) is 8.42 Å². The minimum absolute atomic E-state index is 0.182. The molecule has 0 aromatic heterocycles. The second-order valence-corrected chi connectivity index (χ2v) is 13.5. The Bertz CT molecular complexity index is 1240. The van der Waals surface area contributed by atoms with E-state index < -0.39 is 22.0 Å². The molecule has 39 heavy (non-hydrogen) atoms. The molecule has 0 fully saturated rings. The predicted octanol–water partition coefficient (Wildman–Crippen LogP) is 6.19. The minimum atomic E-state index is -5.16. The zero-order chi connectivity index (χ0) is 29.6. The fraction of sp³-hybridized carbons (Fsp3) is 0.357. The zero-order valence-corrected chi connectivity index (χ0v) is 24.7. The number of benzene rings is 3. The number of hydrogen-bond acceptors (Lipinski definition) is 6. The van der Waals surface area contributed by atoms with Gasteiger partial charge in [0.15, 0.2) is 14.7 Å². The molecule has 214 valence electrons. The van der Waals surface area contributed by atoms with E-state index in [1.54, 1.807) is 0 Å². The number of anilines is 2. The van der Waals surface area contributed by atoms with Crippen LogP contribution in [0.2, 0.25) is 0 Å². The number of hydrogen-bond donors (Lipinski definition) is 0. The number of halogens is 3. The molecule has 0 radical (unpaired) electrons. The molecule has 6 nitrogen and oxygen atoms in total. The highest BCUT2D eigenvalue weighted by atomic mass is 32.2. The van der Waals surface area contributed by atoms with Crippen LogP contribution >= 0.6 is 0 Å². The fourth-order valence-corrected chi connectivity index (χ4v) is 5.81. The molecule has 0 atom stereocenters. The molecule has 0 heterocycles. The average molecular weight is 585 g/mol. The predicted molar refractivity (Wildman–Crippen MR) is 151 cm³/mol. The highest BCUT2D eigenvalue weighted by molar-refractivity contribution is 7.97. The van der Waals surface area contributed by atoms with Crippen LogP contribution in [0.15, 0.2) is 87.5 Å². The third-order valence-electron chi connectivity index (χ3n) is 5.00. The van der Waals surface area contributed by atoms with Crippen LogP contribution in [0.3, 0.4) is 0 Å². The van der Waals surface area contributed by atoms with Gasteiger partial charge in [0.2, 0.25) is 0 Å². The Morgan fingerprint density at radius 3 is 1.28 bits per heavy atom. The lowest BCUT2D eigenvalue weighted by atomic mass is 10.2. The number of rotatable bonds is 7. The van der Waals surface area contributed by atoms with Crippen molar-refractivity contribution in [3.63, 3.8) is 0 Å². The van der Waals surface area contributed by atoms with Gasteiger partial charge in [0, 0.05) is 39.6 Å². The van der Waals surface area contributed by atoms with Gasteiger partial charge in [0.1, 0.15) is 27.2 Å². The molecule has 3 rings (SSSR count). The van der Waals surface area contributed by atoms with E-state index in [4.69, 9.17) is 4.74 Å². The maximum Gasteiger partial charge on any atom is 0.401 e. The quantitative estimate of drug-likeness (QED) is 0.244. The maximum absolute atomic E-state index is 11.0. The lowest BCUT2D eigenvalue weighted by molar-refractivity contribution is -0.107. The van der Waals surface area contributed by atoms with E-state index >= 15 is 0 Å². The molecule has 0 unspecified atom stereocenters. The summed E-state index contributed by atoms with van der Waals surface area (Å²) in [6, 6.07) is 26.3. The lowest BCUT2D eigenvalue weighted by Crippen LogP contribution is -2.22. The van der Waals surface area contributed by atoms with E-state index in [0.717, 1.165) is 5.75 Å². The molecule has 0 aliphatic rings. The Hall–Kier alpha value is -2.89. The van der Waals surface area contributed by atoms with Gasteiger partial charge in [-0.1, -0.05) is 0 Å². The van der Waals surface area contributed by atoms with Crippen LogP contribution in [-0.2, 0) is 21.0 Å². The maximum atomic E-state index is 11.0. The van der Waals surface area contributed by atoms with Crippen molar-refractivity contribution in [2.24, 2.45) is 0 Å². The van der Waals surface area contributed by atoms with Crippen LogP contribution in [0.4, 0.5) is 24.5 Å². The van der Waals surface area contributed by atoms with Crippen molar-refractivity contribution in [1.82, 2.24) is 0 Å². The summed E-state index contributed by atoms with van der Waals surface area (Å²) < 4.78 is 67.1. The molecule has 0 amide bonds. The molecule has 0 saturated carbocycles. The van der Waals surface area contributed by atoms with E-state index in [1.165, 1.54) is 26.1 Å². The second-order valence-electron chi connectivity index (χ2n) is 10.1. The van der Waals surface area contributed by atoms with E-state index in [1.807, 2.05) is 0 Å². The van der Waals surface area contributed by atoms with Gasteiger partial charge < -0.3 is 19.1 Å². The first-order chi connectivity index (χ1) is 17.8. The van der Waals surface area contributed by atoms with Gasteiger partial charge in [-0.3, -0.25) is 0 Å². The minimum Gasteiger partial charge on any atom is -0.748 e. The Balaban J connectivity index is 0.000000510. The Labute approximate surface area is 232 Å². The van der Waals surface area contributed by atoms with E-state index in [9.17, 15) is 26.1 Å². The topological polar surface area (TPSA) is 72.9 Å². The van der Waals surface area contributed by atoms with Gasteiger partial charge in [-0.05, 0) is 93.6 Å². The monoisotopic (exact) mass is 584 g/mol. The van der Waals surface area contributed by atoms with Crippen molar-refractivity contribution in [3.05, 3.63) is 72.8 Å². The molecular weight excluding hydrogens is 549 g/mol. The molecule has 0 spiro atoms. The van der Waals surface area contributed by atoms with Crippen LogP contribution in [0.5, 0.6) is 5.75 Å². The Morgan fingerprint density at radius 2 is 1.05 bits per heavy atom. The summed E-state index contributed by atoms with van der Waals surface area (Å²) in [6.07, 6.45) is -4.92. The Kier molecular flexibility index (Phi) is 10.8. The average Bonchev–Trinajstić information content (AvgIpc) is 2.78. The molecule has 0 aliphatic carbocycles. The first kappa shape index (κ1) is 32.3. The molecule has 0 bridgehead atoms. The van der Waals surface area contributed by atoms with Crippen LogP contribution < -0.4 is 14.5 Å². The summed E-state index contributed by atoms with van der Waals surface area (Å²) in [5.41, 5.74) is 2.21. The molecule has 0 N–H and O–H groups in total. The van der Waals surface area contributed by atoms with Gasteiger partial charge in [-0.15, -0.1) is 0 Å². The molecule has 0 saturated heterocycles. The highest BCUT2D eigenvalue weighted by Crippen LogP contribution is 2.34. The van der Waals surface area contributed by atoms with E-state index in [-0.39, 0.29) is 16.5 Å². The van der Waals surface area contributed by atoms with Crippen molar-refractivity contribution >= 4 is 32.4 Å². The zero-order valence-electron chi connectivity index (χ0n) is 23.1. The van der Waals surface area contributed by atoms with Crippen molar-refractivity contribution in [1.29, 1.82) is 0 Å². The largest absolute Gasteiger partial charge is 0.748 e. The molecular formula is C28H35F3N2O4S2. The van der Waals surface area contributed by atoms with Crippen molar-refractivity contribution in [3.8, 4) is 5.75 Å². The van der Waals surface area contributed by atoms with Crippen LogP contribution in [0.25, 0.3) is 0 Å². The molecule has 3 aromatic carbocycles. The summed E-state index contributed by atoms with van der Waals surface area (Å²) in [5.74, 6) is -1.39. The standard InChI is InChI=1S/C26H33N2OS.C2H3F3O3S/c1-26(2,3)29-22-12-18-25(19-13-22)30(23-14-8-20(9-15-23)27(4)5)24-16-10-21(11-17-24)28(6)7;3-2(4,5)1-9(6,7)8/h8-19H,1-7H3;1H2,(H,6,7,8)/q+1;/p-1. The normalized spacial score (nSPS) is 12.0. The first-order valence-electron chi connectivity index (χ1n) is 11.9. The van der Waals surface area contributed by atoms with Crippen LogP contribution in [-0.4, -0.2) is 58.7 Å². The third kappa shape index (κ3) is 11.4. The Morgan fingerprint density at radius 1 is 0.718 bits per heavy atom. The van der Waals surface area contributed by atoms with Crippen LogP contribution in [0.1, 0.15) is 20.8 Å². The lowest BCUT2D eigenvalue weighted by Gasteiger charge is -2.21. The summed E-state index contributed by atoms with van der Waals surface area (Å²) in [6.45, 7) is 6.22. The summed E-state index contributed by atoms with van der Waals surface area (Å²) in [4.78, 5) is 8.16. The highest BCUT2D eigenvalue weighted by Gasteiger charge is 2.30.